The van der Waals surface area contributed by atoms with Crippen LogP contribution in [-0.2, 0) is 24.3 Å². The van der Waals surface area contributed by atoms with Crippen molar-refractivity contribution in [2.75, 3.05) is 0 Å². The van der Waals surface area contributed by atoms with Gasteiger partial charge in [-0.1, -0.05) is 19.3 Å². The van der Waals surface area contributed by atoms with Gasteiger partial charge in [0.25, 0.3) is 0 Å². The molecule has 2 fully saturated rings. The lowest BCUT2D eigenvalue weighted by Gasteiger charge is -2.24. The fourth-order valence-corrected chi connectivity index (χ4v) is 4.49. The summed E-state index contributed by atoms with van der Waals surface area (Å²) >= 11 is 0. The number of rotatable bonds is 3. The van der Waals surface area contributed by atoms with E-state index in [-0.39, 0.29) is 36.8 Å². The van der Waals surface area contributed by atoms with E-state index in [1.807, 2.05) is 0 Å². The molecule has 6 nitrogen and oxygen atoms in total. The average Bonchev–Trinajstić information content (AvgIpc) is 3.10. The Morgan fingerprint density at radius 1 is 1.12 bits per heavy atom. The van der Waals surface area contributed by atoms with Crippen LogP contribution in [0.15, 0.2) is 0 Å². The summed E-state index contributed by atoms with van der Waals surface area (Å²) in [4.78, 5) is 12.5. The summed E-state index contributed by atoms with van der Waals surface area (Å²) in [5.41, 5.74) is 0. The molecule has 1 saturated heterocycles. The van der Waals surface area contributed by atoms with Crippen molar-refractivity contribution in [1.82, 2.24) is 25.4 Å². The summed E-state index contributed by atoms with van der Waals surface area (Å²) < 4.78 is 2.20. The van der Waals surface area contributed by atoms with Crippen molar-refractivity contribution in [3.8, 4) is 0 Å². The third kappa shape index (κ3) is 4.47. The van der Waals surface area contributed by atoms with Crippen molar-refractivity contribution in [1.29, 1.82) is 0 Å². The molecule has 1 aromatic heterocycles. The van der Waals surface area contributed by atoms with Crippen molar-refractivity contribution in [3.63, 3.8) is 0 Å². The molecule has 3 heterocycles. The van der Waals surface area contributed by atoms with Crippen molar-refractivity contribution in [2.24, 2.45) is 5.92 Å². The molecular formula is C17H29Cl2N5O. The van der Waals surface area contributed by atoms with E-state index in [9.17, 15) is 4.79 Å². The average molecular weight is 390 g/mol. The third-order valence-electron chi connectivity index (χ3n) is 5.79. The van der Waals surface area contributed by atoms with Crippen molar-refractivity contribution in [3.05, 3.63) is 11.6 Å². The highest BCUT2D eigenvalue weighted by atomic mass is 35.5. The summed E-state index contributed by atoms with van der Waals surface area (Å²) in [5, 5.41) is 15.2. The van der Waals surface area contributed by atoms with Crippen LogP contribution >= 0.6 is 24.8 Å². The number of carbonyl (C=O) groups excluding carboxylic acids is 1. The first-order valence-electron chi connectivity index (χ1n) is 9.26. The second-order valence-corrected chi connectivity index (χ2v) is 7.32. The molecule has 1 amide bonds. The van der Waals surface area contributed by atoms with E-state index >= 15 is 0 Å². The van der Waals surface area contributed by atoms with E-state index in [0.717, 1.165) is 31.0 Å². The van der Waals surface area contributed by atoms with Crippen LogP contribution in [0.2, 0.25) is 0 Å². The molecule has 2 aliphatic heterocycles. The molecule has 142 valence electrons. The van der Waals surface area contributed by atoms with Crippen LogP contribution in [0.1, 0.15) is 63.0 Å². The quantitative estimate of drug-likeness (QED) is 0.832. The molecule has 0 bridgehead atoms. The Balaban J connectivity index is 0.00000113. The first-order valence-corrected chi connectivity index (χ1v) is 9.26. The summed E-state index contributed by atoms with van der Waals surface area (Å²) in [6.07, 6.45) is 10.8. The van der Waals surface area contributed by atoms with Gasteiger partial charge in [0.2, 0.25) is 5.91 Å². The predicted molar refractivity (Wildman–Crippen MR) is 101 cm³/mol. The maximum Gasteiger partial charge on any atom is 0.237 e. The molecular weight excluding hydrogens is 361 g/mol. The minimum Gasteiger partial charge on any atom is -0.347 e. The maximum atomic E-state index is 12.5. The molecule has 1 aromatic rings. The van der Waals surface area contributed by atoms with Crippen LogP contribution in [0.4, 0.5) is 0 Å². The third-order valence-corrected chi connectivity index (χ3v) is 5.79. The molecule has 3 unspecified atom stereocenters. The number of carbonyl (C=O) groups is 1. The molecule has 0 aromatic carbocycles. The SMILES string of the molecule is Cl.Cl.O=C(NCc1nnc2n1CCCCC2)C1CC2CCCCC2N1. The van der Waals surface area contributed by atoms with Crippen molar-refractivity contribution < 1.29 is 4.79 Å². The lowest BCUT2D eigenvalue weighted by atomic mass is 9.85. The van der Waals surface area contributed by atoms with Gasteiger partial charge in [-0.05, 0) is 38.0 Å². The van der Waals surface area contributed by atoms with Gasteiger partial charge < -0.3 is 15.2 Å². The topological polar surface area (TPSA) is 71.8 Å². The lowest BCUT2D eigenvalue weighted by molar-refractivity contribution is -0.123. The molecule has 4 rings (SSSR count). The molecule has 25 heavy (non-hydrogen) atoms. The monoisotopic (exact) mass is 389 g/mol. The minimum absolute atomic E-state index is 0. The van der Waals surface area contributed by atoms with Crippen LogP contribution in [0.5, 0.6) is 0 Å². The molecule has 1 saturated carbocycles. The van der Waals surface area contributed by atoms with Gasteiger partial charge in [0.05, 0.1) is 12.6 Å². The fourth-order valence-electron chi connectivity index (χ4n) is 4.49. The highest BCUT2D eigenvalue weighted by Gasteiger charge is 2.38. The second kappa shape index (κ2) is 9.19. The first-order chi connectivity index (χ1) is 11.3. The van der Waals surface area contributed by atoms with Crippen LogP contribution in [0, 0.1) is 5.92 Å². The second-order valence-electron chi connectivity index (χ2n) is 7.32. The summed E-state index contributed by atoms with van der Waals surface area (Å²) in [5.74, 6) is 2.82. The van der Waals surface area contributed by atoms with Gasteiger partial charge >= 0.3 is 0 Å². The van der Waals surface area contributed by atoms with E-state index in [0.29, 0.717) is 18.5 Å². The molecule has 0 spiro atoms. The Bertz CT molecular complexity index is 565. The molecule has 3 atom stereocenters. The van der Waals surface area contributed by atoms with Gasteiger partial charge in [-0.25, -0.2) is 0 Å². The number of aryl methyl sites for hydroxylation is 1. The first kappa shape index (κ1) is 20.5. The molecule has 1 aliphatic carbocycles. The van der Waals surface area contributed by atoms with Gasteiger partial charge in [0.15, 0.2) is 5.82 Å². The van der Waals surface area contributed by atoms with Crippen LogP contribution in [0.25, 0.3) is 0 Å². The van der Waals surface area contributed by atoms with Crippen molar-refractivity contribution >= 4 is 30.7 Å². The highest BCUT2D eigenvalue weighted by Crippen LogP contribution is 2.33. The number of hydrogen-bond donors (Lipinski definition) is 2. The summed E-state index contributed by atoms with van der Waals surface area (Å²) in [7, 11) is 0. The minimum atomic E-state index is -0.0189. The predicted octanol–water partition coefficient (Wildman–Crippen LogP) is 2.38. The van der Waals surface area contributed by atoms with Crippen LogP contribution in [0.3, 0.4) is 0 Å². The standard InChI is InChI=1S/C17H27N5O.2ClH/c23-17(14-10-12-6-3-4-7-13(12)19-14)18-11-16-21-20-15-8-2-1-5-9-22(15)16;;/h12-14,19H,1-11H2,(H,18,23);2*1H. The Labute approximate surface area is 161 Å². The number of aromatic nitrogens is 3. The fraction of sp³-hybridized carbons (Fsp3) is 0.824. The van der Waals surface area contributed by atoms with Gasteiger partial charge in [0, 0.05) is 19.0 Å². The number of nitrogens with zero attached hydrogens (tertiary/aromatic N) is 3. The zero-order valence-electron chi connectivity index (χ0n) is 14.6. The summed E-state index contributed by atoms with van der Waals surface area (Å²) in [6, 6.07) is 0.540. The smallest absolute Gasteiger partial charge is 0.237 e. The maximum absolute atomic E-state index is 12.5. The Morgan fingerprint density at radius 3 is 2.80 bits per heavy atom. The number of hydrogen-bond acceptors (Lipinski definition) is 4. The van der Waals surface area contributed by atoms with E-state index < -0.39 is 0 Å². The van der Waals surface area contributed by atoms with E-state index in [1.54, 1.807) is 0 Å². The normalized spacial score (nSPS) is 27.9. The number of nitrogens with one attached hydrogen (secondary N) is 2. The molecule has 2 N–H and O–H groups in total. The highest BCUT2D eigenvalue weighted by molar-refractivity contribution is 5.85. The lowest BCUT2D eigenvalue weighted by Crippen LogP contribution is -2.43. The van der Waals surface area contributed by atoms with Gasteiger partial charge in [0.1, 0.15) is 5.82 Å². The van der Waals surface area contributed by atoms with E-state index in [1.165, 1.54) is 44.9 Å². The largest absolute Gasteiger partial charge is 0.347 e. The molecule has 0 radical (unpaired) electrons. The van der Waals surface area contributed by atoms with Gasteiger partial charge in [-0.3, -0.25) is 4.79 Å². The Kier molecular flexibility index (Phi) is 7.52. The van der Waals surface area contributed by atoms with Crippen LogP contribution in [-0.4, -0.2) is 32.8 Å². The van der Waals surface area contributed by atoms with Gasteiger partial charge in [-0.2, -0.15) is 0 Å². The zero-order valence-corrected chi connectivity index (χ0v) is 16.2. The Hall–Kier alpha value is -0.850. The van der Waals surface area contributed by atoms with Crippen LogP contribution < -0.4 is 10.6 Å². The summed E-state index contributed by atoms with van der Waals surface area (Å²) in [6.45, 7) is 1.48. The van der Waals surface area contributed by atoms with Crippen molar-refractivity contribution in [2.45, 2.75) is 83.0 Å². The molecule has 8 heteroatoms. The van der Waals surface area contributed by atoms with E-state index in [2.05, 4.69) is 25.4 Å². The van der Waals surface area contributed by atoms with E-state index in [4.69, 9.17) is 0 Å². The zero-order chi connectivity index (χ0) is 15.6. The van der Waals surface area contributed by atoms with Gasteiger partial charge in [-0.15, -0.1) is 35.0 Å². The number of amides is 1. The molecule has 3 aliphatic rings. The number of halogens is 2. The Morgan fingerprint density at radius 2 is 1.96 bits per heavy atom. The number of fused-ring (bicyclic) bond motifs is 2.